The average Bonchev–Trinajstić information content (AvgIpc) is 2.29. The summed E-state index contributed by atoms with van der Waals surface area (Å²) in [6.45, 7) is 5.09. The van der Waals surface area contributed by atoms with E-state index in [4.69, 9.17) is 10.5 Å². The van der Waals surface area contributed by atoms with Crippen molar-refractivity contribution >= 4 is 11.4 Å². The first-order valence-corrected chi connectivity index (χ1v) is 6.21. The van der Waals surface area contributed by atoms with Gasteiger partial charge in [-0.3, -0.25) is 9.88 Å². The third-order valence-electron chi connectivity index (χ3n) is 3.67. The molecule has 0 bridgehead atoms. The molecule has 3 heterocycles. The SMILES string of the molecule is Nc1cncc(F)c1N1CCN(C2COC2)CC1. The van der Waals surface area contributed by atoms with Crippen molar-refractivity contribution in [3.05, 3.63) is 18.2 Å². The smallest absolute Gasteiger partial charge is 0.166 e. The Morgan fingerprint density at radius 1 is 1.22 bits per heavy atom. The van der Waals surface area contributed by atoms with Crippen LogP contribution in [0, 0.1) is 5.82 Å². The van der Waals surface area contributed by atoms with Gasteiger partial charge in [0.25, 0.3) is 0 Å². The van der Waals surface area contributed by atoms with E-state index in [9.17, 15) is 4.39 Å². The lowest BCUT2D eigenvalue weighted by Gasteiger charge is -2.43. The Morgan fingerprint density at radius 3 is 2.50 bits per heavy atom. The second kappa shape index (κ2) is 4.70. The molecule has 2 aliphatic heterocycles. The fourth-order valence-electron chi connectivity index (χ4n) is 2.52. The van der Waals surface area contributed by atoms with Gasteiger partial charge in [-0.1, -0.05) is 0 Å². The van der Waals surface area contributed by atoms with E-state index in [0.717, 1.165) is 39.4 Å². The van der Waals surface area contributed by atoms with E-state index in [0.29, 0.717) is 17.4 Å². The van der Waals surface area contributed by atoms with Crippen LogP contribution >= 0.6 is 0 Å². The molecule has 0 aromatic carbocycles. The van der Waals surface area contributed by atoms with Crippen molar-refractivity contribution in [1.29, 1.82) is 0 Å². The standard InChI is InChI=1S/C12H17FN4O/c13-10-5-15-6-11(14)12(10)17-3-1-16(2-4-17)9-7-18-8-9/h5-6,9H,1-4,7-8,14H2. The molecule has 0 amide bonds. The fraction of sp³-hybridized carbons (Fsp3) is 0.583. The van der Waals surface area contributed by atoms with Crippen molar-refractivity contribution in [2.75, 3.05) is 50.0 Å². The van der Waals surface area contributed by atoms with E-state index in [-0.39, 0.29) is 5.82 Å². The van der Waals surface area contributed by atoms with E-state index < -0.39 is 0 Å². The van der Waals surface area contributed by atoms with Crippen LogP contribution in [0.25, 0.3) is 0 Å². The summed E-state index contributed by atoms with van der Waals surface area (Å²) in [4.78, 5) is 8.15. The second-order valence-corrected chi connectivity index (χ2v) is 4.77. The lowest BCUT2D eigenvalue weighted by Crippen LogP contribution is -2.56. The first-order chi connectivity index (χ1) is 8.75. The van der Waals surface area contributed by atoms with Crippen LogP contribution in [-0.2, 0) is 4.74 Å². The number of nitrogens with two attached hydrogens (primary N) is 1. The number of nitrogen functional groups attached to an aromatic ring is 1. The van der Waals surface area contributed by atoms with Crippen LogP contribution in [0.5, 0.6) is 0 Å². The summed E-state index contributed by atoms with van der Waals surface area (Å²) < 4.78 is 18.9. The van der Waals surface area contributed by atoms with Crippen LogP contribution in [0.2, 0.25) is 0 Å². The first kappa shape index (κ1) is 11.7. The van der Waals surface area contributed by atoms with Gasteiger partial charge in [-0.2, -0.15) is 0 Å². The maximum absolute atomic E-state index is 13.8. The molecule has 18 heavy (non-hydrogen) atoms. The van der Waals surface area contributed by atoms with Gasteiger partial charge in [0.1, 0.15) is 0 Å². The summed E-state index contributed by atoms with van der Waals surface area (Å²) >= 11 is 0. The number of hydrogen-bond donors (Lipinski definition) is 1. The van der Waals surface area contributed by atoms with E-state index >= 15 is 0 Å². The molecule has 3 rings (SSSR count). The Labute approximate surface area is 105 Å². The van der Waals surface area contributed by atoms with Gasteiger partial charge in [0.2, 0.25) is 0 Å². The molecule has 0 atom stereocenters. The van der Waals surface area contributed by atoms with Gasteiger partial charge in [-0.05, 0) is 0 Å². The van der Waals surface area contributed by atoms with Crippen LogP contribution in [0.3, 0.4) is 0 Å². The number of pyridine rings is 1. The van der Waals surface area contributed by atoms with Crippen LogP contribution in [-0.4, -0.2) is 55.3 Å². The summed E-state index contributed by atoms with van der Waals surface area (Å²) in [6, 6.07) is 0.548. The van der Waals surface area contributed by atoms with Crippen LogP contribution in [0.4, 0.5) is 15.8 Å². The van der Waals surface area contributed by atoms with E-state index in [1.807, 2.05) is 4.90 Å². The molecule has 1 aromatic rings. The quantitative estimate of drug-likeness (QED) is 0.821. The molecule has 5 nitrogen and oxygen atoms in total. The molecule has 98 valence electrons. The van der Waals surface area contributed by atoms with Crippen LogP contribution in [0.15, 0.2) is 12.4 Å². The Balaban J connectivity index is 1.68. The highest BCUT2D eigenvalue weighted by Gasteiger charge is 2.29. The van der Waals surface area contributed by atoms with Crippen LogP contribution in [0.1, 0.15) is 0 Å². The number of aromatic nitrogens is 1. The molecular formula is C12H17FN4O. The predicted octanol–water partition coefficient (Wildman–Crippen LogP) is 0.324. The molecule has 0 radical (unpaired) electrons. The van der Waals surface area contributed by atoms with E-state index in [1.54, 1.807) is 0 Å². The monoisotopic (exact) mass is 252 g/mol. The molecule has 2 aliphatic rings. The third-order valence-corrected chi connectivity index (χ3v) is 3.67. The molecule has 2 saturated heterocycles. The molecule has 6 heteroatoms. The van der Waals surface area contributed by atoms with Crippen molar-refractivity contribution in [2.24, 2.45) is 0 Å². The van der Waals surface area contributed by atoms with Gasteiger partial charge in [-0.15, -0.1) is 0 Å². The molecule has 2 N–H and O–H groups in total. The highest BCUT2D eigenvalue weighted by Crippen LogP contribution is 2.27. The lowest BCUT2D eigenvalue weighted by atomic mass is 10.1. The Morgan fingerprint density at radius 2 is 1.94 bits per heavy atom. The molecule has 0 saturated carbocycles. The first-order valence-electron chi connectivity index (χ1n) is 6.21. The summed E-state index contributed by atoms with van der Waals surface area (Å²) in [6.07, 6.45) is 2.72. The largest absolute Gasteiger partial charge is 0.396 e. The van der Waals surface area contributed by atoms with Crippen LogP contribution < -0.4 is 10.6 Å². The van der Waals surface area contributed by atoms with Crippen molar-refractivity contribution < 1.29 is 9.13 Å². The summed E-state index contributed by atoms with van der Waals surface area (Å²) in [7, 11) is 0. The molecule has 2 fully saturated rings. The van der Waals surface area contributed by atoms with Gasteiger partial charge in [0, 0.05) is 26.2 Å². The topological polar surface area (TPSA) is 54.6 Å². The maximum Gasteiger partial charge on any atom is 0.166 e. The summed E-state index contributed by atoms with van der Waals surface area (Å²) in [5.41, 5.74) is 6.71. The lowest BCUT2D eigenvalue weighted by molar-refractivity contribution is -0.0660. The number of piperazine rings is 1. The average molecular weight is 252 g/mol. The zero-order chi connectivity index (χ0) is 12.5. The minimum atomic E-state index is -0.338. The Hall–Kier alpha value is -1.40. The zero-order valence-electron chi connectivity index (χ0n) is 10.2. The van der Waals surface area contributed by atoms with E-state index in [1.165, 1.54) is 12.4 Å². The molecule has 0 spiro atoms. The summed E-state index contributed by atoms with van der Waals surface area (Å²) in [5.74, 6) is -0.338. The fourth-order valence-corrected chi connectivity index (χ4v) is 2.52. The minimum Gasteiger partial charge on any atom is -0.396 e. The normalized spacial score (nSPS) is 21.9. The molecule has 0 aliphatic carbocycles. The van der Waals surface area contributed by atoms with Crippen molar-refractivity contribution in [1.82, 2.24) is 9.88 Å². The van der Waals surface area contributed by atoms with Gasteiger partial charge in [0.15, 0.2) is 5.82 Å². The van der Waals surface area contributed by atoms with Crippen molar-refractivity contribution in [3.8, 4) is 0 Å². The minimum absolute atomic E-state index is 0.338. The van der Waals surface area contributed by atoms with E-state index in [2.05, 4.69) is 9.88 Å². The Bertz CT molecular complexity index is 410. The highest BCUT2D eigenvalue weighted by molar-refractivity contribution is 5.67. The van der Waals surface area contributed by atoms with Crippen molar-refractivity contribution in [3.63, 3.8) is 0 Å². The highest BCUT2D eigenvalue weighted by atomic mass is 19.1. The van der Waals surface area contributed by atoms with Gasteiger partial charge >= 0.3 is 0 Å². The number of halogens is 1. The third kappa shape index (κ3) is 2.02. The molecular weight excluding hydrogens is 235 g/mol. The van der Waals surface area contributed by atoms with Gasteiger partial charge < -0.3 is 15.4 Å². The number of hydrogen-bond acceptors (Lipinski definition) is 5. The Kier molecular flexibility index (Phi) is 3.05. The predicted molar refractivity (Wildman–Crippen MR) is 67.0 cm³/mol. The second-order valence-electron chi connectivity index (χ2n) is 4.77. The summed E-state index contributed by atoms with van der Waals surface area (Å²) in [5, 5.41) is 0. The number of rotatable bonds is 2. The number of nitrogens with zero attached hydrogens (tertiary/aromatic N) is 3. The number of ether oxygens (including phenoxy) is 1. The van der Waals surface area contributed by atoms with Crippen molar-refractivity contribution in [2.45, 2.75) is 6.04 Å². The van der Waals surface area contributed by atoms with Gasteiger partial charge in [0.05, 0.1) is 43.0 Å². The zero-order valence-corrected chi connectivity index (χ0v) is 10.2. The maximum atomic E-state index is 13.8. The van der Waals surface area contributed by atoms with Gasteiger partial charge in [-0.25, -0.2) is 4.39 Å². The molecule has 0 unspecified atom stereocenters. The molecule has 1 aromatic heterocycles. The number of anilines is 2.